The van der Waals surface area contributed by atoms with E-state index in [2.05, 4.69) is 5.32 Å². The molecule has 1 saturated carbocycles. The van der Waals surface area contributed by atoms with Crippen LogP contribution in [0.5, 0.6) is 0 Å². The lowest BCUT2D eigenvalue weighted by atomic mass is 9.88. The molecule has 0 aromatic carbocycles. The first-order chi connectivity index (χ1) is 6.74. The second kappa shape index (κ2) is 6.02. The quantitative estimate of drug-likeness (QED) is 0.717. The van der Waals surface area contributed by atoms with Gasteiger partial charge in [-0.25, -0.2) is 0 Å². The molecule has 3 heteroatoms. The van der Waals surface area contributed by atoms with Crippen LogP contribution in [-0.4, -0.2) is 24.2 Å². The second-order valence-corrected chi connectivity index (χ2v) is 4.37. The van der Waals surface area contributed by atoms with E-state index >= 15 is 0 Å². The Hall–Kier alpha value is -0.570. The minimum Gasteiger partial charge on any atom is -0.396 e. The lowest BCUT2D eigenvalue weighted by Gasteiger charge is -2.21. The van der Waals surface area contributed by atoms with Gasteiger partial charge in [0.1, 0.15) is 0 Å². The van der Waals surface area contributed by atoms with E-state index in [1.807, 2.05) is 6.92 Å². The Morgan fingerprint density at radius 3 is 2.64 bits per heavy atom. The van der Waals surface area contributed by atoms with E-state index in [1.165, 1.54) is 19.3 Å². The van der Waals surface area contributed by atoms with E-state index in [-0.39, 0.29) is 24.3 Å². The number of amides is 1. The molecule has 0 bridgehead atoms. The van der Waals surface area contributed by atoms with Crippen molar-refractivity contribution < 1.29 is 9.90 Å². The van der Waals surface area contributed by atoms with Gasteiger partial charge in [-0.1, -0.05) is 26.2 Å². The summed E-state index contributed by atoms with van der Waals surface area (Å²) in [5, 5.41) is 11.7. The lowest BCUT2D eigenvalue weighted by molar-refractivity contribution is -0.126. The van der Waals surface area contributed by atoms with Crippen LogP contribution < -0.4 is 5.32 Å². The highest BCUT2D eigenvalue weighted by Crippen LogP contribution is 2.23. The molecule has 0 spiro atoms. The first kappa shape index (κ1) is 11.5. The standard InChI is InChI=1S/C11H21NO2/c1-9(8-13)7-12-11(14)10-5-3-2-4-6-10/h9-10,13H,2-8H2,1H3,(H,12,14). The molecule has 0 aromatic heterocycles. The molecule has 0 aromatic rings. The molecule has 1 aliphatic rings. The molecule has 1 unspecified atom stereocenters. The van der Waals surface area contributed by atoms with Crippen molar-refractivity contribution in [2.24, 2.45) is 11.8 Å². The molecule has 1 rings (SSSR count). The van der Waals surface area contributed by atoms with Crippen LogP contribution in [0.1, 0.15) is 39.0 Å². The number of hydrogen-bond acceptors (Lipinski definition) is 2. The molecule has 2 N–H and O–H groups in total. The Bertz CT molecular complexity index is 176. The van der Waals surface area contributed by atoms with E-state index in [4.69, 9.17) is 5.11 Å². The highest BCUT2D eigenvalue weighted by molar-refractivity contribution is 5.78. The van der Waals surface area contributed by atoms with Crippen LogP contribution in [0.15, 0.2) is 0 Å². The number of nitrogens with one attached hydrogen (secondary N) is 1. The number of carbonyl (C=O) groups excluding carboxylic acids is 1. The van der Waals surface area contributed by atoms with Gasteiger partial charge in [-0.3, -0.25) is 4.79 Å². The van der Waals surface area contributed by atoms with Gasteiger partial charge in [0.05, 0.1) is 0 Å². The minimum atomic E-state index is 0.144. The maximum absolute atomic E-state index is 11.6. The van der Waals surface area contributed by atoms with Crippen molar-refractivity contribution in [3.05, 3.63) is 0 Å². The van der Waals surface area contributed by atoms with Crippen molar-refractivity contribution in [3.8, 4) is 0 Å². The Balaban J connectivity index is 2.19. The summed E-state index contributed by atoms with van der Waals surface area (Å²) in [5.41, 5.74) is 0. The molecule has 1 amide bonds. The van der Waals surface area contributed by atoms with Crippen molar-refractivity contribution in [3.63, 3.8) is 0 Å². The third kappa shape index (κ3) is 3.66. The topological polar surface area (TPSA) is 49.3 Å². The summed E-state index contributed by atoms with van der Waals surface area (Å²) in [4.78, 5) is 11.6. The van der Waals surface area contributed by atoms with Crippen LogP contribution in [0, 0.1) is 11.8 Å². The molecule has 0 heterocycles. The molecule has 3 nitrogen and oxygen atoms in total. The van der Waals surface area contributed by atoms with Crippen LogP contribution in [0.25, 0.3) is 0 Å². The van der Waals surface area contributed by atoms with Gasteiger partial charge in [0.15, 0.2) is 0 Å². The molecular weight excluding hydrogens is 178 g/mol. The maximum atomic E-state index is 11.6. The van der Waals surface area contributed by atoms with Crippen molar-refractivity contribution in [2.75, 3.05) is 13.2 Å². The Kier molecular flexibility index (Phi) is 4.94. The maximum Gasteiger partial charge on any atom is 0.223 e. The minimum absolute atomic E-state index is 0.144. The number of carbonyl (C=O) groups is 1. The van der Waals surface area contributed by atoms with E-state index < -0.39 is 0 Å². The van der Waals surface area contributed by atoms with Gasteiger partial charge in [0.25, 0.3) is 0 Å². The summed E-state index contributed by atoms with van der Waals surface area (Å²) >= 11 is 0. The van der Waals surface area contributed by atoms with Crippen LogP contribution in [0.4, 0.5) is 0 Å². The second-order valence-electron chi connectivity index (χ2n) is 4.37. The Labute approximate surface area is 85.9 Å². The summed E-state index contributed by atoms with van der Waals surface area (Å²) in [6.07, 6.45) is 5.73. The van der Waals surface area contributed by atoms with Crippen molar-refractivity contribution in [1.82, 2.24) is 5.32 Å². The highest BCUT2D eigenvalue weighted by Gasteiger charge is 2.20. The molecular formula is C11H21NO2. The fourth-order valence-electron chi connectivity index (χ4n) is 1.85. The fraction of sp³-hybridized carbons (Fsp3) is 0.909. The van der Waals surface area contributed by atoms with E-state index in [0.717, 1.165) is 12.8 Å². The first-order valence-electron chi connectivity index (χ1n) is 5.62. The molecule has 0 aliphatic heterocycles. The molecule has 1 fully saturated rings. The monoisotopic (exact) mass is 199 g/mol. The largest absolute Gasteiger partial charge is 0.396 e. The van der Waals surface area contributed by atoms with Gasteiger partial charge in [-0.05, 0) is 18.8 Å². The molecule has 14 heavy (non-hydrogen) atoms. The molecule has 82 valence electrons. The summed E-state index contributed by atoms with van der Waals surface area (Å²) in [6, 6.07) is 0. The van der Waals surface area contributed by atoms with Crippen molar-refractivity contribution >= 4 is 5.91 Å². The summed E-state index contributed by atoms with van der Waals surface area (Å²) in [7, 11) is 0. The third-order valence-corrected chi connectivity index (χ3v) is 2.91. The van der Waals surface area contributed by atoms with Crippen LogP contribution >= 0.6 is 0 Å². The summed E-state index contributed by atoms with van der Waals surface area (Å²) < 4.78 is 0. The average molecular weight is 199 g/mol. The molecule has 0 radical (unpaired) electrons. The van der Waals surface area contributed by atoms with Crippen molar-refractivity contribution in [2.45, 2.75) is 39.0 Å². The van der Waals surface area contributed by atoms with Gasteiger partial charge >= 0.3 is 0 Å². The van der Waals surface area contributed by atoms with Gasteiger partial charge in [-0.2, -0.15) is 0 Å². The van der Waals surface area contributed by atoms with E-state index in [9.17, 15) is 4.79 Å². The zero-order chi connectivity index (χ0) is 10.4. The highest BCUT2D eigenvalue weighted by atomic mass is 16.3. The third-order valence-electron chi connectivity index (χ3n) is 2.91. The average Bonchev–Trinajstić information content (AvgIpc) is 2.26. The molecule has 1 aliphatic carbocycles. The lowest BCUT2D eigenvalue weighted by Crippen LogP contribution is -2.35. The normalized spacial score (nSPS) is 20.4. The van der Waals surface area contributed by atoms with Gasteiger partial charge in [0, 0.05) is 19.1 Å². The predicted octanol–water partition coefficient (Wildman–Crippen LogP) is 1.31. The van der Waals surface area contributed by atoms with Gasteiger partial charge in [-0.15, -0.1) is 0 Å². The van der Waals surface area contributed by atoms with Crippen LogP contribution in [0.3, 0.4) is 0 Å². The number of aliphatic hydroxyl groups excluding tert-OH is 1. The van der Waals surface area contributed by atoms with Gasteiger partial charge in [0.2, 0.25) is 5.91 Å². The molecule has 0 saturated heterocycles. The van der Waals surface area contributed by atoms with Crippen LogP contribution in [0.2, 0.25) is 0 Å². The number of hydrogen-bond donors (Lipinski definition) is 2. The first-order valence-corrected chi connectivity index (χ1v) is 5.62. The fourth-order valence-corrected chi connectivity index (χ4v) is 1.85. The van der Waals surface area contributed by atoms with E-state index in [1.54, 1.807) is 0 Å². The summed E-state index contributed by atoms with van der Waals surface area (Å²) in [5.74, 6) is 0.585. The predicted molar refractivity (Wildman–Crippen MR) is 55.8 cm³/mol. The van der Waals surface area contributed by atoms with Crippen LogP contribution in [-0.2, 0) is 4.79 Å². The Morgan fingerprint density at radius 1 is 1.43 bits per heavy atom. The van der Waals surface area contributed by atoms with E-state index in [0.29, 0.717) is 6.54 Å². The zero-order valence-electron chi connectivity index (χ0n) is 8.96. The smallest absolute Gasteiger partial charge is 0.223 e. The Morgan fingerprint density at radius 2 is 2.07 bits per heavy atom. The van der Waals surface area contributed by atoms with Crippen molar-refractivity contribution in [1.29, 1.82) is 0 Å². The number of rotatable bonds is 4. The number of aliphatic hydroxyl groups is 1. The SMILES string of the molecule is CC(CO)CNC(=O)C1CCCCC1. The van der Waals surface area contributed by atoms with Gasteiger partial charge < -0.3 is 10.4 Å². The summed E-state index contributed by atoms with van der Waals surface area (Å²) in [6.45, 7) is 2.68. The zero-order valence-corrected chi connectivity index (χ0v) is 8.96. The molecule has 1 atom stereocenters.